The van der Waals surface area contributed by atoms with Crippen LogP contribution in [0.5, 0.6) is 0 Å². The van der Waals surface area contributed by atoms with E-state index in [1.165, 1.54) is 25.7 Å². The molecule has 1 aliphatic rings. The minimum atomic E-state index is 0.520. The third-order valence-electron chi connectivity index (χ3n) is 3.81. The third kappa shape index (κ3) is 3.80. The number of nitrogens with two attached hydrogens (primary N) is 1. The summed E-state index contributed by atoms with van der Waals surface area (Å²) in [5.41, 5.74) is 5.73. The van der Waals surface area contributed by atoms with Crippen molar-refractivity contribution in [3.8, 4) is 0 Å². The zero-order chi connectivity index (χ0) is 13.8. The van der Waals surface area contributed by atoms with Crippen LogP contribution in [0.3, 0.4) is 0 Å². The maximum absolute atomic E-state index is 5.73. The van der Waals surface area contributed by atoms with Crippen LogP contribution in [-0.4, -0.2) is 36.6 Å². The molecule has 1 aliphatic carbocycles. The van der Waals surface area contributed by atoms with E-state index < -0.39 is 0 Å². The zero-order valence-corrected chi connectivity index (χ0v) is 12.2. The van der Waals surface area contributed by atoms with Crippen LogP contribution >= 0.6 is 0 Å². The first-order valence-electron chi connectivity index (χ1n) is 7.08. The highest BCUT2D eigenvalue weighted by atomic mass is 15.2. The fourth-order valence-electron chi connectivity index (χ4n) is 2.61. The first-order chi connectivity index (χ1) is 9.08. The van der Waals surface area contributed by atoms with Crippen LogP contribution in [0.2, 0.25) is 0 Å². The number of aryl methyl sites for hydroxylation is 1. The molecule has 2 rings (SSSR count). The van der Waals surface area contributed by atoms with Crippen molar-refractivity contribution in [1.82, 2.24) is 9.97 Å². The third-order valence-corrected chi connectivity index (χ3v) is 3.81. The molecule has 106 valence electrons. The fraction of sp³-hybridized carbons (Fsp3) is 0.714. The molecule has 0 amide bonds. The molecule has 0 aliphatic heterocycles. The topological polar surface area (TPSA) is 67.1 Å². The number of aromatic nitrogens is 2. The van der Waals surface area contributed by atoms with Gasteiger partial charge in [0.2, 0.25) is 0 Å². The Balaban J connectivity index is 1.99. The van der Waals surface area contributed by atoms with Gasteiger partial charge >= 0.3 is 0 Å². The van der Waals surface area contributed by atoms with E-state index in [0.717, 1.165) is 24.0 Å². The van der Waals surface area contributed by atoms with Crippen molar-refractivity contribution in [3.63, 3.8) is 0 Å². The molecule has 1 aromatic rings. The lowest BCUT2D eigenvalue weighted by molar-refractivity contribution is 0.344. The van der Waals surface area contributed by atoms with Crippen molar-refractivity contribution in [2.75, 3.05) is 30.9 Å². The van der Waals surface area contributed by atoms with Gasteiger partial charge < -0.3 is 16.0 Å². The van der Waals surface area contributed by atoms with E-state index in [4.69, 9.17) is 5.73 Å². The molecule has 19 heavy (non-hydrogen) atoms. The maximum atomic E-state index is 5.73. The largest absolute Gasteiger partial charge is 0.367 e. The smallest absolute Gasteiger partial charge is 0.133 e. The lowest BCUT2D eigenvalue weighted by Crippen LogP contribution is -2.29. The van der Waals surface area contributed by atoms with Crippen molar-refractivity contribution < 1.29 is 0 Å². The van der Waals surface area contributed by atoms with E-state index in [0.29, 0.717) is 12.0 Å². The monoisotopic (exact) mass is 263 g/mol. The van der Waals surface area contributed by atoms with E-state index in [2.05, 4.69) is 15.3 Å². The second-order valence-electron chi connectivity index (χ2n) is 5.65. The molecule has 0 radical (unpaired) electrons. The Labute approximate surface area is 115 Å². The van der Waals surface area contributed by atoms with Crippen molar-refractivity contribution in [1.29, 1.82) is 0 Å². The van der Waals surface area contributed by atoms with Crippen LogP contribution in [0.15, 0.2) is 6.07 Å². The highest BCUT2D eigenvalue weighted by Crippen LogP contribution is 2.26. The van der Waals surface area contributed by atoms with Crippen LogP contribution in [0, 0.1) is 12.8 Å². The Kier molecular flexibility index (Phi) is 4.58. The van der Waals surface area contributed by atoms with Gasteiger partial charge in [-0.05, 0) is 45.1 Å². The molecule has 3 N–H and O–H groups in total. The Bertz CT molecular complexity index is 410. The summed E-state index contributed by atoms with van der Waals surface area (Å²) in [5, 5.41) is 3.54. The van der Waals surface area contributed by atoms with Gasteiger partial charge in [0, 0.05) is 26.2 Å². The van der Waals surface area contributed by atoms with Gasteiger partial charge in [-0.15, -0.1) is 0 Å². The lowest BCUT2D eigenvalue weighted by atomic mass is 9.86. The Hall–Kier alpha value is -1.36. The summed E-state index contributed by atoms with van der Waals surface area (Å²) in [6.45, 7) is 2.76. The predicted octanol–water partition coefficient (Wildman–Crippen LogP) is 1.78. The minimum absolute atomic E-state index is 0.520. The summed E-state index contributed by atoms with van der Waals surface area (Å²) < 4.78 is 0. The molecule has 0 bridgehead atoms. The van der Waals surface area contributed by atoms with E-state index in [1.807, 2.05) is 32.0 Å². The first-order valence-corrected chi connectivity index (χ1v) is 7.08. The van der Waals surface area contributed by atoms with Gasteiger partial charge in [0.1, 0.15) is 17.5 Å². The molecule has 0 atom stereocenters. The summed E-state index contributed by atoms with van der Waals surface area (Å²) in [6, 6.07) is 2.54. The van der Waals surface area contributed by atoms with Gasteiger partial charge in [0.05, 0.1) is 0 Å². The molecule has 1 saturated carbocycles. The van der Waals surface area contributed by atoms with Crippen molar-refractivity contribution in [3.05, 3.63) is 11.9 Å². The zero-order valence-electron chi connectivity index (χ0n) is 12.2. The van der Waals surface area contributed by atoms with Gasteiger partial charge in [0.25, 0.3) is 0 Å². The second-order valence-corrected chi connectivity index (χ2v) is 5.65. The maximum Gasteiger partial charge on any atom is 0.133 e. The molecule has 1 aromatic heterocycles. The van der Waals surface area contributed by atoms with Gasteiger partial charge in [-0.1, -0.05) is 0 Å². The number of hydrogen-bond acceptors (Lipinski definition) is 5. The average Bonchev–Trinajstić information content (AvgIpc) is 2.39. The first kappa shape index (κ1) is 14.1. The molecule has 1 fully saturated rings. The minimum Gasteiger partial charge on any atom is -0.367 e. The van der Waals surface area contributed by atoms with E-state index in [1.54, 1.807) is 0 Å². The SMILES string of the molecule is Cc1nc(N[C@H]2CC[C@@H](CN)CC2)cc(N(C)C)n1. The highest BCUT2D eigenvalue weighted by molar-refractivity contribution is 5.48. The van der Waals surface area contributed by atoms with E-state index in [9.17, 15) is 0 Å². The van der Waals surface area contributed by atoms with Crippen molar-refractivity contribution in [2.24, 2.45) is 11.7 Å². The predicted molar refractivity (Wildman–Crippen MR) is 79.5 cm³/mol. The lowest BCUT2D eigenvalue weighted by Gasteiger charge is -2.28. The molecular formula is C14H25N5. The van der Waals surface area contributed by atoms with Crippen LogP contribution in [0.25, 0.3) is 0 Å². The van der Waals surface area contributed by atoms with E-state index in [-0.39, 0.29) is 0 Å². The van der Waals surface area contributed by atoms with Crippen LogP contribution < -0.4 is 16.0 Å². The number of nitrogens with zero attached hydrogens (tertiary/aromatic N) is 3. The molecule has 1 heterocycles. The summed E-state index contributed by atoms with van der Waals surface area (Å²) >= 11 is 0. The second kappa shape index (κ2) is 6.19. The summed E-state index contributed by atoms with van der Waals surface area (Å²) in [5.74, 6) is 3.41. The molecule has 5 nitrogen and oxygen atoms in total. The molecular weight excluding hydrogens is 238 g/mol. The van der Waals surface area contributed by atoms with E-state index >= 15 is 0 Å². The van der Waals surface area contributed by atoms with Crippen LogP contribution in [0.1, 0.15) is 31.5 Å². The Morgan fingerprint density at radius 3 is 2.53 bits per heavy atom. The quantitative estimate of drug-likeness (QED) is 0.866. The molecule has 0 saturated heterocycles. The Morgan fingerprint density at radius 2 is 1.95 bits per heavy atom. The van der Waals surface area contributed by atoms with Gasteiger partial charge in [-0.2, -0.15) is 0 Å². The van der Waals surface area contributed by atoms with Gasteiger partial charge in [-0.25, -0.2) is 9.97 Å². The molecule has 0 aromatic carbocycles. The summed E-state index contributed by atoms with van der Waals surface area (Å²) in [7, 11) is 4.00. The number of nitrogens with one attached hydrogen (secondary N) is 1. The summed E-state index contributed by atoms with van der Waals surface area (Å²) in [4.78, 5) is 10.9. The molecule has 0 unspecified atom stereocenters. The number of hydrogen-bond donors (Lipinski definition) is 2. The standard InChI is InChI=1S/C14H25N5/c1-10-16-13(8-14(17-10)19(2)3)18-12-6-4-11(9-15)5-7-12/h8,11-12H,4-7,9,15H2,1-3H3,(H,16,17,18)/t11-,12+. The molecule has 0 spiro atoms. The normalized spacial score (nSPS) is 23.2. The summed E-state index contributed by atoms with van der Waals surface area (Å²) in [6.07, 6.45) is 4.81. The van der Waals surface area contributed by atoms with Gasteiger partial charge in [-0.3, -0.25) is 0 Å². The van der Waals surface area contributed by atoms with Crippen molar-refractivity contribution >= 4 is 11.6 Å². The number of rotatable bonds is 4. The fourth-order valence-corrected chi connectivity index (χ4v) is 2.61. The number of anilines is 2. The highest BCUT2D eigenvalue weighted by Gasteiger charge is 2.20. The van der Waals surface area contributed by atoms with Crippen LogP contribution in [0.4, 0.5) is 11.6 Å². The van der Waals surface area contributed by atoms with Crippen molar-refractivity contribution in [2.45, 2.75) is 38.6 Å². The average molecular weight is 263 g/mol. The molecule has 5 heteroatoms. The Morgan fingerprint density at radius 1 is 1.26 bits per heavy atom. The van der Waals surface area contributed by atoms with Crippen LogP contribution in [-0.2, 0) is 0 Å². The van der Waals surface area contributed by atoms with Gasteiger partial charge in [0.15, 0.2) is 0 Å².